The van der Waals surface area contributed by atoms with Crippen molar-refractivity contribution in [2.75, 3.05) is 0 Å². The highest BCUT2D eigenvalue weighted by atomic mass is 19.1. The fourth-order valence-electron chi connectivity index (χ4n) is 2.21. The van der Waals surface area contributed by atoms with Crippen molar-refractivity contribution in [3.8, 4) is 0 Å². The lowest BCUT2D eigenvalue weighted by atomic mass is 9.98. The summed E-state index contributed by atoms with van der Waals surface area (Å²) in [5, 5.41) is 0. The molecule has 0 saturated carbocycles. The SMILES string of the molecule is C[C@@H]1OC(c2ccccc2)=Cc2ccc(F)cc21. The van der Waals surface area contributed by atoms with Gasteiger partial charge in [-0.3, -0.25) is 0 Å². The van der Waals surface area contributed by atoms with Gasteiger partial charge in [0.15, 0.2) is 0 Å². The topological polar surface area (TPSA) is 9.23 Å². The first-order chi connectivity index (χ1) is 8.74. The number of fused-ring (bicyclic) bond motifs is 1. The lowest BCUT2D eigenvalue weighted by Gasteiger charge is -2.24. The van der Waals surface area contributed by atoms with E-state index in [0.717, 1.165) is 22.4 Å². The lowest BCUT2D eigenvalue weighted by molar-refractivity contribution is 0.186. The number of halogens is 1. The van der Waals surface area contributed by atoms with Crippen molar-refractivity contribution in [3.63, 3.8) is 0 Å². The Labute approximate surface area is 106 Å². The van der Waals surface area contributed by atoms with E-state index in [-0.39, 0.29) is 11.9 Å². The minimum absolute atomic E-state index is 0.129. The molecule has 0 unspecified atom stereocenters. The molecule has 0 aliphatic carbocycles. The third-order valence-corrected chi connectivity index (χ3v) is 3.14. The summed E-state index contributed by atoms with van der Waals surface area (Å²) in [5.74, 6) is 0.614. The number of benzene rings is 2. The fraction of sp³-hybridized carbons (Fsp3) is 0.125. The molecule has 2 heteroatoms. The molecule has 1 nitrogen and oxygen atoms in total. The van der Waals surface area contributed by atoms with Crippen LogP contribution in [-0.4, -0.2) is 0 Å². The highest BCUT2D eigenvalue weighted by Gasteiger charge is 2.19. The fourth-order valence-corrected chi connectivity index (χ4v) is 2.21. The Bertz CT molecular complexity index is 602. The molecule has 1 heterocycles. The molecule has 18 heavy (non-hydrogen) atoms. The molecule has 0 fully saturated rings. The van der Waals surface area contributed by atoms with E-state index in [0.29, 0.717) is 0 Å². The van der Waals surface area contributed by atoms with Crippen molar-refractivity contribution < 1.29 is 9.13 Å². The van der Waals surface area contributed by atoms with Crippen LogP contribution < -0.4 is 0 Å². The van der Waals surface area contributed by atoms with Crippen LogP contribution in [0.5, 0.6) is 0 Å². The molecule has 0 amide bonds. The van der Waals surface area contributed by atoms with Crippen LogP contribution in [0.3, 0.4) is 0 Å². The summed E-state index contributed by atoms with van der Waals surface area (Å²) in [4.78, 5) is 0. The zero-order valence-electron chi connectivity index (χ0n) is 10.1. The summed E-state index contributed by atoms with van der Waals surface area (Å²) >= 11 is 0. The Morgan fingerprint density at radius 1 is 1.06 bits per heavy atom. The normalized spacial score (nSPS) is 17.7. The minimum atomic E-state index is -0.222. The molecule has 0 radical (unpaired) electrons. The summed E-state index contributed by atoms with van der Waals surface area (Å²) in [6.45, 7) is 1.94. The van der Waals surface area contributed by atoms with E-state index in [1.54, 1.807) is 6.07 Å². The van der Waals surface area contributed by atoms with Gasteiger partial charge in [-0.15, -0.1) is 0 Å². The van der Waals surface area contributed by atoms with Crippen molar-refractivity contribution in [2.24, 2.45) is 0 Å². The first-order valence-corrected chi connectivity index (χ1v) is 5.97. The van der Waals surface area contributed by atoms with Gasteiger partial charge in [0, 0.05) is 11.1 Å². The molecule has 1 atom stereocenters. The van der Waals surface area contributed by atoms with E-state index < -0.39 is 0 Å². The van der Waals surface area contributed by atoms with E-state index >= 15 is 0 Å². The van der Waals surface area contributed by atoms with Crippen molar-refractivity contribution in [1.29, 1.82) is 0 Å². The quantitative estimate of drug-likeness (QED) is 0.717. The maximum Gasteiger partial charge on any atom is 0.128 e. The Hall–Kier alpha value is -2.09. The maximum absolute atomic E-state index is 13.2. The number of rotatable bonds is 1. The zero-order chi connectivity index (χ0) is 12.5. The largest absolute Gasteiger partial charge is 0.485 e. The molecule has 90 valence electrons. The van der Waals surface area contributed by atoms with Crippen LogP contribution in [0, 0.1) is 5.82 Å². The minimum Gasteiger partial charge on any atom is -0.485 e. The molecule has 1 aliphatic rings. The molecule has 0 N–H and O–H groups in total. The molecule has 3 rings (SSSR count). The van der Waals surface area contributed by atoms with Gasteiger partial charge in [-0.2, -0.15) is 0 Å². The van der Waals surface area contributed by atoms with Crippen LogP contribution in [-0.2, 0) is 4.74 Å². The first kappa shape index (κ1) is 11.0. The standard InChI is InChI=1S/C16H13FO/c1-11-15-10-14(17)8-7-13(15)9-16(18-11)12-5-3-2-4-6-12/h2-11H,1H3/t11-/m0/s1. The molecule has 2 aromatic rings. The van der Waals surface area contributed by atoms with Gasteiger partial charge in [0.1, 0.15) is 17.7 Å². The van der Waals surface area contributed by atoms with Gasteiger partial charge in [0.05, 0.1) is 0 Å². The third kappa shape index (κ3) is 1.90. The molecular weight excluding hydrogens is 227 g/mol. The van der Waals surface area contributed by atoms with E-state index in [9.17, 15) is 4.39 Å². The highest BCUT2D eigenvalue weighted by Crippen LogP contribution is 2.35. The summed E-state index contributed by atoms with van der Waals surface area (Å²) in [5.41, 5.74) is 2.96. The van der Waals surface area contributed by atoms with Crippen molar-refractivity contribution in [1.82, 2.24) is 0 Å². The van der Waals surface area contributed by atoms with Crippen LogP contribution >= 0.6 is 0 Å². The number of hydrogen-bond acceptors (Lipinski definition) is 1. The maximum atomic E-state index is 13.2. The molecular formula is C16H13FO. The van der Waals surface area contributed by atoms with Crippen LogP contribution in [0.25, 0.3) is 11.8 Å². The Morgan fingerprint density at radius 2 is 1.83 bits per heavy atom. The molecule has 1 aliphatic heterocycles. The monoisotopic (exact) mass is 240 g/mol. The van der Waals surface area contributed by atoms with E-state index in [4.69, 9.17) is 4.74 Å². The van der Waals surface area contributed by atoms with Crippen LogP contribution in [0.2, 0.25) is 0 Å². The Morgan fingerprint density at radius 3 is 2.61 bits per heavy atom. The smallest absolute Gasteiger partial charge is 0.128 e. The van der Waals surface area contributed by atoms with Crippen LogP contribution in [0.1, 0.15) is 29.7 Å². The van der Waals surface area contributed by atoms with Gasteiger partial charge in [0.2, 0.25) is 0 Å². The van der Waals surface area contributed by atoms with Crippen molar-refractivity contribution in [3.05, 3.63) is 71.0 Å². The summed E-state index contributed by atoms with van der Waals surface area (Å²) in [7, 11) is 0. The molecule has 2 aromatic carbocycles. The van der Waals surface area contributed by atoms with Gasteiger partial charge in [-0.05, 0) is 30.7 Å². The molecule has 0 saturated heterocycles. The zero-order valence-corrected chi connectivity index (χ0v) is 10.1. The number of hydrogen-bond donors (Lipinski definition) is 0. The van der Waals surface area contributed by atoms with Crippen LogP contribution in [0.4, 0.5) is 4.39 Å². The van der Waals surface area contributed by atoms with Crippen molar-refractivity contribution in [2.45, 2.75) is 13.0 Å². The van der Waals surface area contributed by atoms with Crippen molar-refractivity contribution >= 4 is 11.8 Å². The molecule has 0 spiro atoms. The second-order valence-electron chi connectivity index (χ2n) is 4.41. The van der Waals surface area contributed by atoms with E-state index in [1.165, 1.54) is 12.1 Å². The summed E-state index contributed by atoms with van der Waals surface area (Å²) in [6.07, 6.45) is 1.83. The number of ether oxygens (including phenoxy) is 1. The predicted octanol–water partition coefficient (Wildman–Crippen LogP) is 4.42. The second kappa shape index (κ2) is 4.30. The summed E-state index contributed by atoms with van der Waals surface area (Å²) < 4.78 is 19.1. The van der Waals surface area contributed by atoms with Gasteiger partial charge in [0.25, 0.3) is 0 Å². The van der Waals surface area contributed by atoms with Gasteiger partial charge in [-0.1, -0.05) is 36.4 Å². The van der Waals surface area contributed by atoms with E-state index in [2.05, 4.69) is 0 Å². The predicted molar refractivity (Wildman–Crippen MR) is 70.2 cm³/mol. The van der Waals surface area contributed by atoms with Gasteiger partial charge in [-0.25, -0.2) is 4.39 Å². The molecule has 0 bridgehead atoms. The van der Waals surface area contributed by atoms with Gasteiger partial charge < -0.3 is 4.74 Å². The van der Waals surface area contributed by atoms with E-state index in [1.807, 2.05) is 43.3 Å². The Kier molecular flexibility index (Phi) is 2.63. The summed E-state index contributed by atoms with van der Waals surface area (Å²) in [6, 6.07) is 14.8. The average Bonchev–Trinajstić information content (AvgIpc) is 2.40. The Balaban J connectivity index is 2.08. The lowest BCUT2D eigenvalue weighted by Crippen LogP contribution is -2.07. The van der Waals surface area contributed by atoms with Crippen LogP contribution in [0.15, 0.2) is 48.5 Å². The average molecular weight is 240 g/mol. The highest BCUT2D eigenvalue weighted by molar-refractivity contribution is 5.80. The molecule has 0 aromatic heterocycles. The third-order valence-electron chi connectivity index (χ3n) is 3.14. The first-order valence-electron chi connectivity index (χ1n) is 5.97. The second-order valence-corrected chi connectivity index (χ2v) is 4.41. The van der Waals surface area contributed by atoms with Gasteiger partial charge >= 0.3 is 0 Å².